The molecule has 0 aromatic heterocycles. The molecule has 1 N–H and O–H groups in total. The van der Waals surface area contributed by atoms with Crippen molar-refractivity contribution in [3.05, 3.63) is 34.9 Å². The molecule has 7 heteroatoms. The quantitative estimate of drug-likeness (QED) is 0.281. The molecular formula is C21H32IN3O3. The summed E-state index contributed by atoms with van der Waals surface area (Å²) in [5.74, 6) is 2.58. The first-order chi connectivity index (χ1) is 13.2. The van der Waals surface area contributed by atoms with Crippen molar-refractivity contribution in [1.82, 2.24) is 10.2 Å². The summed E-state index contributed by atoms with van der Waals surface area (Å²) in [5.41, 5.74) is 4.06. The lowest BCUT2D eigenvalue weighted by Gasteiger charge is -2.32. The SMILES string of the molecule is CCNC(=NCCC1=CCOCC1)N1CCc2cc(OC)c(OC)cc2C1.I. The van der Waals surface area contributed by atoms with E-state index in [1.54, 1.807) is 14.2 Å². The minimum absolute atomic E-state index is 0. The van der Waals surface area contributed by atoms with Gasteiger partial charge in [-0.2, -0.15) is 0 Å². The summed E-state index contributed by atoms with van der Waals surface area (Å²) in [6.07, 6.45) is 5.21. The highest BCUT2D eigenvalue weighted by Gasteiger charge is 2.21. The number of guanidine groups is 1. The van der Waals surface area contributed by atoms with E-state index in [9.17, 15) is 0 Å². The van der Waals surface area contributed by atoms with Crippen LogP contribution >= 0.6 is 24.0 Å². The van der Waals surface area contributed by atoms with Gasteiger partial charge >= 0.3 is 0 Å². The number of rotatable bonds is 6. The van der Waals surface area contributed by atoms with Crippen LogP contribution in [0.2, 0.25) is 0 Å². The first kappa shape index (κ1) is 22.8. The molecule has 2 heterocycles. The number of benzene rings is 1. The second-order valence-corrected chi connectivity index (χ2v) is 6.82. The van der Waals surface area contributed by atoms with Crippen molar-refractivity contribution in [3.63, 3.8) is 0 Å². The van der Waals surface area contributed by atoms with Crippen LogP contribution in [0.15, 0.2) is 28.8 Å². The Bertz CT molecular complexity index is 706. The largest absolute Gasteiger partial charge is 0.493 e. The molecule has 2 aliphatic heterocycles. The smallest absolute Gasteiger partial charge is 0.194 e. The van der Waals surface area contributed by atoms with Gasteiger partial charge in [-0.1, -0.05) is 11.6 Å². The molecule has 0 saturated carbocycles. The van der Waals surface area contributed by atoms with Crippen LogP contribution < -0.4 is 14.8 Å². The van der Waals surface area contributed by atoms with E-state index in [4.69, 9.17) is 19.2 Å². The molecule has 156 valence electrons. The fourth-order valence-electron chi connectivity index (χ4n) is 3.59. The summed E-state index contributed by atoms with van der Waals surface area (Å²) in [4.78, 5) is 7.20. The fourth-order valence-corrected chi connectivity index (χ4v) is 3.59. The van der Waals surface area contributed by atoms with Crippen molar-refractivity contribution in [1.29, 1.82) is 0 Å². The minimum Gasteiger partial charge on any atom is -0.493 e. The summed E-state index contributed by atoms with van der Waals surface area (Å²) in [6, 6.07) is 4.20. The van der Waals surface area contributed by atoms with Gasteiger partial charge < -0.3 is 24.4 Å². The first-order valence-corrected chi connectivity index (χ1v) is 9.77. The highest BCUT2D eigenvalue weighted by molar-refractivity contribution is 14.0. The number of aliphatic imine (C=N–C) groups is 1. The number of methoxy groups -OCH3 is 2. The van der Waals surface area contributed by atoms with Gasteiger partial charge in [-0.3, -0.25) is 4.99 Å². The second kappa shape index (κ2) is 11.5. The first-order valence-electron chi connectivity index (χ1n) is 9.77. The molecule has 28 heavy (non-hydrogen) atoms. The number of halogens is 1. The molecule has 3 rings (SSSR count). The lowest BCUT2D eigenvalue weighted by Crippen LogP contribution is -2.44. The number of hydrogen-bond acceptors (Lipinski definition) is 4. The van der Waals surface area contributed by atoms with E-state index < -0.39 is 0 Å². The lowest BCUT2D eigenvalue weighted by atomic mass is 9.99. The maximum Gasteiger partial charge on any atom is 0.194 e. The molecule has 0 radical (unpaired) electrons. The maximum absolute atomic E-state index is 5.47. The minimum atomic E-state index is 0. The van der Waals surface area contributed by atoms with E-state index in [0.717, 1.165) is 76.1 Å². The van der Waals surface area contributed by atoms with Crippen LogP contribution in [-0.4, -0.2) is 57.9 Å². The Morgan fingerprint density at radius 3 is 2.57 bits per heavy atom. The Morgan fingerprint density at radius 1 is 1.18 bits per heavy atom. The zero-order valence-electron chi connectivity index (χ0n) is 17.1. The van der Waals surface area contributed by atoms with Gasteiger partial charge in [0.1, 0.15) is 0 Å². The Kier molecular flexibility index (Phi) is 9.37. The third-order valence-corrected chi connectivity index (χ3v) is 5.10. The molecule has 0 fully saturated rings. The topological polar surface area (TPSA) is 55.3 Å². The predicted molar refractivity (Wildman–Crippen MR) is 123 cm³/mol. The third-order valence-electron chi connectivity index (χ3n) is 5.10. The Hall–Kier alpha value is -1.48. The third kappa shape index (κ3) is 5.76. The predicted octanol–water partition coefficient (Wildman–Crippen LogP) is 3.38. The standard InChI is InChI=1S/C21H31N3O3.HI/c1-4-22-21(23-9-5-16-7-11-27-12-8-16)24-10-6-17-13-19(25-2)20(26-3)14-18(17)15-24;/h7,13-14H,4-6,8-12,15H2,1-3H3,(H,22,23);1H. The molecule has 0 saturated heterocycles. The van der Waals surface area contributed by atoms with Gasteiger partial charge in [-0.05, 0) is 49.4 Å². The molecule has 0 unspecified atom stereocenters. The van der Waals surface area contributed by atoms with E-state index in [2.05, 4.69) is 35.3 Å². The molecule has 0 spiro atoms. The lowest BCUT2D eigenvalue weighted by molar-refractivity contribution is 0.153. The number of ether oxygens (including phenoxy) is 3. The molecule has 0 aliphatic carbocycles. The van der Waals surface area contributed by atoms with Crippen LogP contribution in [0.3, 0.4) is 0 Å². The van der Waals surface area contributed by atoms with Crippen LogP contribution in [0.1, 0.15) is 30.9 Å². The number of hydrogen-bond donors (Lipinski definition) is 1. The summed E-state index contributed by atoms with van der Waals surface area (Å²) in [6.45, 7) is 7.15. The van der Waals surface area contributed by atoms with E-state index in [1.165, 1.54) is 16.7 Å². The highest BCUT2D eigenvalue weighted by atomic mass is 127. The van der Waals surface area contributed by atoms with E-state index in [0.29, 0.717) is 0 Å². The van der Waals surface area contributed by atoms with Gasteiger partial charge in [0.15, 0.2) is 17.5 Å². The number of nitrogens with zero attached hydrogens (tertiary/aromatic N) is 2. The van der Waals surface area contributed by atoms with Crippen molar-refractivity contribution in [3.8, 4) is 11.5 Å². The van der Waals surface area contributed by atoms with Crippen molar-refractivity contribution in [2.24, 2.45) is 4.99 Å². The van der Waals surface area contributed by atoms with E-state index in [-0.39, 0.29) is 24.0 Å². The average Bonchev–Trinajstić information content (AvgIpc) is 2.72. The average molecular weight is 501 g/mol. The number of nitrogens with one attached hydrogen (secondary N) is 1. The van der Waals surface area contributed by atoms with Crippen LogP contribution in [-0.2, 0) is 17.7 Å². The molecule has 2 aliphatic rings. The fraction of sp³-hybridized carbons (Fsp3) is 0.571. The molecule has 1 aromatic rings. The zero-order chi connectivity index (χ0) is 19.1. The van der Waals surface area contributed by atoms with E-state index >= 15 is 0 Å². The monoisotopic (exact) mass is 501 g/mol. The Labute approximate surface area is 185 Å². The van der Waals surface area contributed by atoms with Crippen LogP contribution in [0.25, 0.3) is 0 Å². The Balaban J connectivity index is 0.00000280. The van der Waals surface area contributed by atoms with Gasteiger partial charge in [-0.15, -0.1) is 24.0 Å². The van der Waals surface area contributed by atoms with E-state index in [1.807, 2.05) is 0 Å². The molecule has 0 bridgehead atoms. The van der Waals surface area contributed by atoms with Gasteiger partial charge in [0, 0.05) is 26.2 Å². The summed E-state index contributed by atoms with van der Waals surface area (Å²) < 4.78 is 16.3. The van der Waals surface area contributed by atoms with Crippen molar-refractivity contribution >= 4 is 29.9 Å². The second-order valence-electron chi connectivity index (χ2n) is 6.82. The molecular weight excluding hydrogens is 469 g/mol. The summed E-state index contributed by atoms with van der Waals surface area (Å²) >= 11 is 0. The van der Waals surface area contributed by atoms with Gasteiger partial charge in [0.25, 0.3) is 0 Å². The summed E-state index contributed by atoms with van der Waals surface area (Å²) in [5, 5.41) is 3.45. The van der Waals surface area contributed by atoms with Crippen molar-refractivity contribution < 1.29 is 14.2 Å². The van der Waals surface area contributed by atoms with Crippen LogP contribution in [0, 0.1) is 0 Å². The molecule has 0 amide bonds. The van der Waals surface area contributed by atoms with Gasteiger partial charge in [0.05, 0.1) is 27.4 Å². The molecule has 1 aromatic carbocycles. The van der Waals surface area contributed by atoms with Gasteiger partial charge in [-0.25, -0.2) is 0 Å². The van der Waals surface area contributed by atoms with Gasteiger partial charge in [0.2, 0.25) is 0 Å². The van der Waals surface area contributed by atoms with Crippen LogP contribution in [0.4, 0.5) is 0 Å². The summed E-state index contributed by atoms with van der Waals surface area (Å²) in [7, 11) is 3.37. The van der Waals surface area contributed by atoms with Crippen LogP contribution in [0.5, 0.6) is 11.5 Å². The normalized spacial score (nSPS) is 16.6. The van der Waals surface area contributed by atoms with Crippen molar-refractivity contribution in [2.75, 3.05) is 47.1 Å². The zero-order valence-corrected chi connectivity index (χ0v) is 19.5. The highest BCUT2D eigenvalue weighted by Crippen LogP contribution is 2.33. The molecule has 6 nitrogen and oxygen atoms in total. The number of fused-ring (bicyclic) bond motifs is 1. The Morgan fingerprint density at radius 2 is 1.93 bits per heavy atom. The molecule has 0 atom stereocenters. The van der Waals surface area contributed by atoms with Crippen molar-refractivity contribution in [2.45, 2.75) is 32.7 Å². The maximum atomic E-state index is 5.47.